The lowest BCUT2D eigenvalue weighted by molar-refractivity contribution is -0.145. The molecule has 0 amide bonds. The Morgan fingerprint density at radius 2 is 1.95 bits per heavy atom. The third-order valence-corrected chi connectivity index (χ3v) is 7.19. The van der Waals surface area contributed by atoms with Crippen LogP contribution < -0.4 is 20.9 Å². The Labute approximate surface area is 215 Å². The molecule has 12 heteroatoms. The van der Waals surface area contributed by atoms with Gasteiger partial charge >= 0.3 is 19.4 Å². The molecule has 0 saturated carbocycles. The van der Waals surface area contributed by atoms with Gasteiger partial charge in [0.15, 0.2) is 6.23 Å². The molecule has 0 saturated heterocycles. The zero-order valence-electron chi connectivity index (χ0n) is 21.3. The minimum absolute atomic E-state index is 0.194. The molecule has 11 nitrogen and oxygen atoms in total. The smallest absolute Gasteiger partial charge is 0.459 e. The number of aryl methyl sites for hydroxylation is 1. The van der Waals surface area contributed by atoms with Crippen molar-refractivity contribution in [3.05, 3.63) is 75.1 Å². The van der Waals surface area contributed by atoms with E-state index in [1.807, 2.05) is 0 Å². The molecular weight excluding hydrogens is 501 g/mol. The Kier molecular flexibility index (Phi) is 10.5. The van der Waals surface area contributed by atoms with E-state index in [0.717, 1.165) is 25.7 Å². The van der Waals surface area contributed by atoms with E-state index in [9.17, 15) is 18.9 Å². The summed E-state index contributed by atoms with van der Waals surface area (Å²) in [6.45, 7) is 5.28. The van der Waals surface area contributed by atoms with E-state index in [2.05, 4.69) is 17.0 Å². The van der Waals surface area contributed by atoms with Crippen molar-refractivity contribution >= 4 is 13.7 Å². The molecule has 37 heavy (non-hydrogen) atoms. The fourth-order valence-corrected chi connectivity index (χ4v) is 5.02. The number of benzene rings is 1. The summed E-state index contributed by atoms with van der Waals surface area (Å²) in [4.78, 5) is 38.5. The highest BCUT2D eigenvalue weighted by Gasteiger charge is 2.34. The summed E-state index contributed by atoms with van der Waals surface area (Å²) in [6, 6.07) is 7.47. The molecule has 0 bridgehead atoms. The number of H-pyrrole nitrogens is 1. The highest BCUT2D eigenvalue weighted by Crippen LogP contribution is 2.45. The van der Waals surface area contributed by atoms with Crippen molar-refractivity contribution in [2.75, 3.05) is 13.2 Å². The van der Waals surface area contributed by atoms with Crippen LogP contribution in [0.15, 0.2) is 58.3 Å². The molecule has 1 aromatic heterocycles. The Bertz CT molecular complexity index is 1230. The first-order chi connectivity index (χ1) is 17.7. The number of carbonyl (C=O) groups excluding carboxylic acids is 1. The number of para-hydroxylation sites is 1. The van der Waals surface area contributed by atoms with Crippen LogP contribution in [0.1, 0.15) is 51.3 Å². The van der Waals surface area contributed by atoms with Gasteiger partial charge in [-0.1, -0.05) is 50.5 Å². The topological polar surface area (TPSA) is 138 Å². The van der Waals surface area contributed by atoms with E-state index in [4.69, 9.17) is 18.5 Å². The first-order valence-corrected chi connectivity index (χ1v) is 13.8. The van der Waals surface area contributed by atoms with Crippen LogP contribution >= 0.6 is 7.75 Å². The van der Waals surface area contributed by atoms with Crippen LogP contribution in [0.5, 0.6) is 5.75 Å². The van der Waals surface area contributed by atoms with Gasteiger partial charge in [0.05, 0.1) is 13.2 Å². The van der Waals surface area contributed by atoms with E-state index in [-0.39, 0.29) is 19.0 Å². The second-order valence-electron chi connectivity index (χ2n) is 8.71. The number of esters is 1. The minimum Gasteiger partial charge on any atom is -0.465 e. The van der Waals surface area contributed by atoms with Crippen molar-refractivity contribution in [2.24, 2.45) is 0 Å². The van der Waals surface area contributed by atoms with Gasteiger partial charge in [-0.05, 0) is 38.5 Å². The molecule has 0 spiro atoms. The van der Waals surface area contributed by atoms with E-state index in [0.29, 0.717) is 5.56 Å². The van der Waals surface area contributed by atoms with Crippen molar-refractivity contribution in [1.29, 1.82) is 0 Å². The van der Waals surface area contributed by atoms with Gasteiger partial charge in [-0.2, -0.15) is 5.09 Å². The molecule has 202 valence electrons. The largest absolute Gasteiger partial charge is 0.465 e. The standard InChI is InChI=1S/C25H34N3O8P/c1-4-5-6-10-15-33-24(30)19(3)27-37(32,36-20-11-8-7-9-12-20)34-17-21-13-14-22(35-21)28-16-18(2)23(29)26-25(28)31/h7-9,11-14,16,19,21-22H,4-6,10,15,17H2,1-3H3,(H,27,32)(H,26,29,31)/t19?,21-,22+,37?/m0/s1. The van der Waals surface area contributed by atoms with Gasteiger partial charge in [0.1, 0.15) is 17.9 Å². The molecule has 2 N–H and O–H groups in total. The lowest BCUT2D eigenvalue weighted by Crippen LogP contribution is -2.36. The van der Waals surface area contributed by atoms with E-state index < -0.39 is 43.3 Å². The Hall–Kier alpha value is -2.98. The molecule has 2 heterocycles. The predicted molar refractivity (Wildman–Crippen MR) is 137 cm³/mol. The van der Waals surface area contributed by atoms with Crippen LogP contribution in [0.25, 0.3) is 0 Å². The van der Waals surface area contributed by atoms with Gasteiger partial charge in [-0.3, -0.25) is 23.7 Å². The number of nitrogens with one attached hydrogen (secondary N) is 2. The van der Waals surface area contributed by atoms with E-state index in [1.54, 1.807) is 49.4 Å². The second kappa shape index (κ2) is 13.5. The Morgan fingerprint density at radius 3 is 2.68 bits per heavy atom. The second-order valence-corrected chi connectivity index (χ2v) is 10.4. The maximum absolute atomic E-state index is 13.6. The highest BCUT2D eigenvalue weighted by atomic mass is 31.2. The molecule has 1 aliphatic heterocycles. The summed E-state index contributed by atoms with van der Waals surface area (Å²) >= 11 is 0. The maximum Gasteiger partial charge on any atom is 0.459 e. The van der Waals surface area contributed by atoms with Crippen LogP contribution in [-0.2, 0) is 23.4 Å². The van der Waals surface area contributed by atoms with Crippen molar-refractivity contribution in [1.82, 2.24) is 14.6 Å². The number of hydrogen-bond acceptors (Lipinski definition) is 8. The number of ether oxygens (including phenoxy) is 2. The fourth-order valence-electron chi connectivity index (χ4n) is 3.52. The van der Waals surface area contributed by atoms with Crippen molar-refractivity contribution in [2.45, 2.75) is 64.8 Å². The van der Waals surface area contributed by atoms with Gasteiger partial charge in [-0.15, -0.1) is 0 Å². The van der Waals surface area contributed by atoms with Crippen molar-refractivity contribution < 1.29 is 27.9 Å². The summed E-state index contributed by atoms with van der Waals surface area (Å²) in [6.07, 6.45) is 7.09. The average molecular weight is 536 g/mol. The van der Waals surface area contributed by atoms with Gasteiger partial charge in [0, 0.05) is 11.8 Å². The number of aromatic amines is 1. The van der Waals surface area contributed by atoms with Gasteiger partial charge in [0.25, 0.3) is 5.56 Å². The molecule has 1 aromatic carbocycles. The summed E-state index contributed by atoms with van der Waals surface area (Å²) in [5.74, 6) is -0.281. The van der Waals surface area contributed by atoms with Crippen LogP contribution in [0.2, 0.25) is 0 Å². The van der Waals surface area contributed by atoms with Gasteiger partial charge in [-0.25, -0.2) is 9.36 Å². The highest BCUT2D eigenvalue weighted by molar-refractivity contribution is 7.52. The molecule has 3 rings (SSSR count). The summed E-state index contributed by atoms with van der Waals surface area (Å²) in [5, 5.41) is 2.65. The number of aromatic nitrogens is 2. The quantitative estimate of drug-likeness (QED) is 0.161. The van der Waals surface area contributed by atoms with E-state index >= 15 is 0 Å². The molecular formula is C25H34N3O8P. The zero-order chi connectivity index (χ0) is 26.8. The van der Waals surface area contributed by atoms with Crippen LogP contribution in [-0.4, -0.2) is 40.9 Å². The zero-order valence-corrected chi connectivity index (χ0v) is 22.1. The summed E-state index contributed by atoms with van der Waals surface area (Å²) in [7, 11) is -4.05. The third-order valence-electron chi connectivity index (χ3n) is 5.55. The number of hydrogen-bond donors (Lipinski definition) is 2. The first-order valence-electron chi connectivity index (χ1n) is 12.3. The Morgan fingerprint density at radius 1 is 1.19 bits per heavy atom. The Balaban J connectivity index is 1.62. The number of unbranched alkanes of at least 4 members (excludes halogenated alkanes) is 3. The third kappa shape index (κ3) is 8.53. The molecule has 0 fully saturated rings. The van der Waals surface area contributed by atoms with Gasteiger partial charge in [0.2, 0.25) is 0 Å². The fraction of sp³-hybridized carbons (Fsp3) is 0.480. The predicted octanol–water partition coefficient (Wildman–Crippen LogP) is 3.60. The molecule has 2 aromatic rings. The number of carbonyl (C=O) groups is 1. The van der Waals surface area contributed by atoms with Crippen LogP contribution in [0.4, 0.5) is 0 Å². The van der Waals surface area contributed by atoms with Crippen molar-refractivity contribution in [3.63, 3.8) is 0 Å². The van der Waals surface area contributed by atoms with Crippen molar-refractivity contribution in [3.8, 4) is 5.75 Å². The number of rotatable bonds is 14. The lowest BCUT2D eigenvalue weighted by Gasteiger charge is -2.24. The minimum atomic E-state index is -4.05. The molecule has 2 unspecified atom stereocenters. The summed E-state index contributed by atoms with van der Waals surface area (Å²) in [5.41, 5.74) is -0.733. The molecule has 0 aliphatic carbocycles. The molecule has 1 aliphatic rings. The van der Waals surface area contributed by atoms with Gasteiger partial charge < -0.3 is 14.0 Å². The monoisotopic (exact) mass is 535 g/mol. The molecule has 4 atom stereocenters. The summed E-state index contributed by atoms with van der Waals surface area (Å²) < 4.78 is 37.2. The SMILES string of the molecule is CCCCCCOC(=O)C(C)NP(=O)(OC[C@@H]1C=C[C@H](n2cc(C)c(=O)[nH]c2=O)O1)Oc1ccccc1. The normalized spacial score (nSPS) is 19.3. The maximum atomic E-state index is 13.6. The van der Waals surface area contributed by atoms with Crippen LogP contribution in [0.3, 0.4) is 0 Å². The number of nitrogens with zero attached hydrogens (tertiary/aromatic N) is 1. The molecule has 0 radical (unpaired) electrons. The van der Waals surface area contributed by atoms with E-state index in [1.165, 1.54) is 17.7 Å². The first kappa shape index (κ1) is 28.6. The lowest BCUT2D eigenvalue weighted by atomic mass is 10.2. The van der Waals surface area contributed by atoms with Crippen LogP contribution in [0, 0.1) is 6.92 Å². The average Bonchev–Trinajstić information content (AvgIpc) is 3.34.